The zero-order valence-electron chi connectivity index (χ0n) is 21.2. The number of ether oxygens (including phenoxy) is 3. The quantitative estimate of drug-likeness (QED) is 0.169. The van der Waals surface area contributed by atoms with Crippen molar-refractivity contribution in [3.8, 4) is 22.6 Å². The molecular weight excluding hydrogens is 567 g/mol. The van der Waals surface area contributed by atoms with Crippen LogP contribution in [0.1, 0.15) is 23.1 Å². The van der Waals surface area contributed by atoms with Crippen LogP contribution in [0.5, 0.6) is 11.5 Å². The summed E-state index contributed by atoms with van der Waals surface area (Å²) in [4.78, 5) is 25.4. The fraction of sp³-hybridized carbons (Fsp3) is 0.231. The number of benzene rings is 2. The van der Waals surface area contributed by atoms with Gasteiger partial charge in [-0.3, -0.25) is 4.79 Å². The van der Waals surface area contributed by atoms with Crippen molar-refractivity contribution in [3.63, 3.8) is 0 Å². The van der Waals surface area contributed by atoms with E-state index in [1.165, 1.54) is 48.4 Å². The van der Waals surface area contributed by atoms with E-state index in [4.69, 9.17) is 25.8 Å². The van der Waals surface area contributed by atoms with E-state index in [1.54, 1.807) is 24.6 Å². The van der Waals surface area contributed by atoms with Gasteiger partial charge >= 0.3 is 5.97 Å². The number of carbonyl (C=O) groups excluding carboxylic acids is 2. The maximum atomic E-state index is 13.4. The summed E-state index contributed by atoms with van der Waals surface area (Å²) < 4.78 is 31.1. The van der Waals surface area contributed by atoms with Crippen molar-refractivity contribution < 1.29 is 28.2 Å². The van der Waals surface area contributed by atoms with E-state index in [-0.39, 0.29) is 28.9 Å². The molecule has 4 aromatic rings. The van der Waals surface area contributed by atoms with Crippen molar-refractivity contribution in [3.05, 3.63) is 70.1 Å². The van der Waals surface area contributed by atoms with Crippen molar-refractivity contribution in [2.45, 2.75) is 25.2 Å². The number of hydrogen-bond acceptors (Lipinski definition) is 9. The maximum absolute atomic E-state index is 13.4. The van der Waals surface area contributed by atoms with Gasteiger partial charge in [-0.2, -0.15) is 0 Å². The van der Waals surface area contributed by atoms with Crippen LogP contribution < -0.4 is 14.8 Å². The number of rotatable bonds is 11. The Morgan fingerprint density at radius 2 is 1.87 bits per heavy atom. The van der Waals surface area contributed by atoms with Crippen LogP contribution in [0, 0.1) is 5.82 Å². The minimum absolute atomic E-state index is 0.0307. The Morgan fingerprint density at radius 3 is 2.54 bits per heavy atom. The molecule has 0 bridgehead atoms. The molecule has 9 nitrogen and oxygen atoms in total. The van der Waals surface area contributed by atoms with Crippen molar-refractivity contribution in [1.29, 1.82) is 0 Å². The Bertz CT molecular complexity index is 1480. The number of esters is 1. The predicted molar refractivity (Wildman–Crippen MR) is 148 cm³/mol. The maximum Gasteiger partial charge on any atom is 0.341 e. The fourth-order valence-corrected chi connectivity index (χ4v) is 5.56. The average Bonchev–Trinajstić information content (AvgIpc) is 3.55. The van der Waals surface area contributed by atoms with E-state index < -0.39 is 11.8 Å². The number of amides is 1. The Morgan fingerprint density at radius 1 is 1.13 bits per heavy atom. The lowest BCUT2D eigenvalue weighted by Crippen LogP contribution is -2.16. The highest BCUT2D eigenvalue weighted by molar-refractivity contribution is 7.99. The van der Waals surface area contributed by atoms with Crippen LogP contribution in [-0.4, -0.2) is 46.6 Å². The highest BCUT2D eigenvalue weighted by atomic mass is 35.5. The van der Waals surface area contributed by atoms with Gasteiger partial charge in [0.15, 0.2) is 11.0 Å². The van der Waals surface area contributed by atoms with Gasteiger partial charge in [0.05, 0.1) is 25.0 Å². The third kappa shape index (κ3) is 6.70. The van der Waals surface area contributed by atoms with Crippen LogP contribution in [0.15, 0.2) is 53.0 Å². The smallest absolute Gasteiger partial charge is 0.341 e. The highest BCUT2D eigenvalue weighted by Crippen LogP contribution is 2.37. The second kappa shape index (κ2) is 13.0. The van der Waals surface area contributed by atoms with Crippen LogP contribution in [0.3, 0.4) is 0 Å². The van der Waals surface area contributed by atoms with Gasteiger partial charge in [0.2, 0.25) is 5.91 Å². The molecule has 0 fully saturated rings. The number of hydrogen-bond donors (Lipinski definition) is 1. The fourth-order valence-electron chi connectivity index (χ4n) is 3.60. The SMILES string of the molecule is CCn1c(COc2ccc(F)c(Cl)c2)nnc1SCC(=O)Nc1scc(-c2ccc(OC)cc2)c1C(=O)OC. The first-order valence-electron chi connectivity index (χ1n) is 11.6. The van der Waals surface area contributed by atoms with Gasteiger partial charge in [-0.05, 0) is 36.8 Å². The molecular formula is C26H24ClFN4O5S2. The van der Waals surface area contributed by atoms with Gasteiger partial charge in [0.1, 0.15) is 34.5 Å². The number of nitrogens with zero attached hydrogens (tertiary/aromatic N) is 3. The van der Waals surface area contributed by atoms with Crippen molar-refractivity contribution in [2.75, 3.05) is 25.3 Å². The Labute approximate surface area is 237 Å². The number of anilines is 1. The molecule has 1 N–H and O–H groups in total. The summed E-state index contributed by atoms with van der Waals surface area (Å²) in [5.74, 6) is 0.247. The molecule has 1 amide bonds. The molecule has 0 saturated heterocycles. The molecule has 0 aliphatic carbocycles. The Kier molecular flexibility index (Phi) is 9.44. The van der Waals surface area contributed by atoms with Crippen molar-refractivity contribution >= 4 is 51.6 Å². The zero-order chi connectivity index (χ0) is 27.9. The van der Waals surface area contributed by atoms with Gasteiger partial charge in [0, 0.05) is 23.6 Å². The number of thiophene rings is 1. The summed E-state index contributed by atoms with van der Waals surface area (Å²) in [7, 11) is 2.87. The summed E-state index contributed by atoms with van der Waals surface area (Å²) in [6.07, 6.45) is 0. The minimum Gasteiger partial charge on any atom is -0.497 e. The molecule has 0 radical (unpaired) electrons. The third-order valence-corrected chi connectivity index (χ3v) is 7.69. The first kappa shape index (κ1) is 28.4. The van der Waals surface area contributed by atoms with Crippen molar-refractivity contribution in [2.24, 2.45) is 0 Å². The first-order chi connectivity index (χ1) is 18.8. The molecule has 13 heteroatoms. The molecule has 2 aromatic heterocycles. The molecule has 204 valence electrons. The molecule has 0 unspecified atom stereocenters. The van der Waals surface area contributed by atoms with Gasteiger partial charge < -0.3 is 24.1 Å². The number of carbonyl (C=O) groups is 2. The number of nitrogens with one attached hydrogen (secondary N) is 1. The molecule has 0 spiro atoms. The zero-order valence-corrected chi connectivity index (χ0v) is 23.6. The number of methoxy groups -OCH3 is 2. The molecule has 0 saturated carbocycles. The predicted octanol–water partition coefficient (Wildman–Crippen LogP) is 5.92. The molecule has 0 atom stereocenters. The molecule has 39 heavy (non-hydrogen) atoms. The molecule has 2 heterocycles. The highest BCUT2D eigenvalue weighted by Gasteiger charge is 2.23. The Balaban J connectivity index is 1.42. The Hall–Kier alpha value is -3.61. The lowest BCUT2D eigenvalue weighted by atomic mass is 10.0. The second-order valence-corrected chi connectivity index (χ2v) is 10.1. The van der Waals surface area contributed by atoms with E-state index >= 15 is 0 Å². The molecule has 0 aliphatic rings. The van der Waals surface area contributed by atoms with Gasteiger partial charge in [0.25, 0.3) is 0 Å². The second-order valence-electron chi connectivity index (χ2n) is 7.92. The van der Waals surface area contributed by atoms with E-state index in [0.29, 0.717) is 39.6 Å². The molecule has 2 aromatic carbocycles. The number of aromatic nitrogens is 3. The lowest BCUT2D eigenvalue weighted by molar-refractivity contribution is -0.113. The summed E-state index contributed by atoms with van der Waals surface area (Å²) >= 11 is 8.24. The largest absolute Gasteiger partial charge is 0.497 e. The standard InChI is InChI=1S/C26H24ClFN4O5S2/c1-4-32-21(12-37-17-9-10-20(28)19(27)11-17)30-31-26(32)39-14-22(33)29-24-23(25(34)36-3)18(13-38-24)15-5-7-16(35-2)8-6-15/h5-11,13H,4,12,14H2,1-3H3,(H,29,33). The van der Waals surface area contributed by atoms with Gasteiger partial charge in [-0.15, -0.1) is 21.5 Å². The molecule has 0 aliphatic heterocycles. The van der Waals surface area contributed by atoms with Crippen LogP contribution in [0.25, 0.3) is 11.1 Å². The summed E-state index contributed by atoms with van der Waals surface area (Å²) in [5.41, 5.74) is 1.72. The van der Waals surface area contributed by atoms with E-state index in [1.807, 2.05) is 23.6 Å². The minimum atomic E-state index is -0.553. The van der Waals surface area contributed by atoms with Crippen LogP contribution in [-0.2, 0) is 22.7 Å². The normalized spacial score (nSPS) is 10.8. The van der Waals surface area contributed by atoms with E-state index in [9.17, 15) is 14.0 Å². The monoisotopic (exact) mass is 590 g/mol. The average molecular weight is 591 g/mol. The first-order valence-corrected chi connectivity index (χ1v) is 13.9. The van der Waals surface area contributed by atoms with E-state index in [0.717, 1.165) is 5.56 Å². The van der Waals surface area contributed by atoms with Gasteiger partial charge in [-0.25, -0.2) is 9.18 Å². The van der Waals surface area contributed by atoms with Gasteiger partial charge in [-0.1, -0.05) is 35.5 Å². The summed E-state index contributed by atoms with van der Waals surface area (Å²) in [5, 5.41) is 13.8. The molecule has 4 rings (SSSR count). The van der Waals surface area contributed by atoms with Crippen LogP contribution in [0.2, 0.25) is 5.02 Å². The van der Waals surface area contributed by atoms with E-state index in [2.05, 4.69) is 15.5 Å². The topological polar surface area (TPSA) is 105 Å². The third-order valence-electron chi connectivity index (χ3n) is 5.54. The van der Waals surface area contributed by atoms with Crippen LogP contribution in [0.4, 0.5) is 9.39 Å². The van der Waals surface area contributed by atoms with Crippen molar-refractivity contribution in [1.82, 2.24) is 14.8 Å². The number of halogens is 2. The summed E-state index contributed by atoms with van der Waals surface area (Å²) in [6, 6.07) is 11.3. The lowest BCUT2D eigenvalue weighted by Gasteiger charge is -2.10. The van der Waals surface area contributed by atoms with Crippen LogP contribution >= 0.6 is 34.7 Å². The summed E-state index contributed by atoms with van der Waals surface area (Å²) in [6.45, 7) is 2.55. The number of thioether (sulfide) groups is 1.